The minimum absolute atomic E-state index is 0.0659. The minimum atomic E-state index is -0.481. The van der Waals surface area contributed by atoms with E-state index in [0.717, 1.165) is 6.42 Å². The average Bonchev–Trinajstić information content (AvgIpc) is 3.04. The molecule has 0 bridgehead atoms. The van der Waals surface area contributed by atoms with E-state index in [1.54, 1.807) is 36.4 Å². The van der Waals surface area contributed by atoms with Crippen molar-refractivity contribution in [1.82, 2.24) is 0 Å². The van der Waals surface area contributed by atoms with E-state index in [1.807, 2.05) is 24.3 Å². The van der Waals surface area contributed by atoms with Crippen LogP contribution in [0.5, 0.6) is 5.75 Å². The van der Waals surface area contributed by atoms with E-state index in [-0.39, 0.29) is 29.1 Å². The Kier molecular flexibility index (Phi) is 5.52. The van der Waals surface area contributed by atoms with Crippen molar-refractivity contribution in [2.24, 2.45) is 11.8 Å². The summed E-state index contributed by atoms with van der Waals surface area (Å²) in [4.78, 5) is 39.2. The Labute approximate surface area is 182 Å². The van der Waals surface area contributed by atoms with Gasteiger partial charge in [0.05, 0.1) is 23.1 Å². The third kappa shape index (κ3) is 3.92. The standard InChI is InChI=1S/C26H27NO4/c1-4-26(2,3)18-11-15-20(16-12-18)31-25(30)17-9-13-19(14-10-17)27-23(28)21-7-5-6-8-22(21)24(27)29/h5-6,9-16,21-22H,4,7-8H2,1-3H3/t21-,22-/m1/s1. The summed E-state index contributed by atoms with van der Waals surface area (Å²) < 4.78 is 5.49. The molecule has 0 radical (unpaired) electrons. The van der Waals surface area contributed by atoms with E-state index in [4.69, 9.17) is 4.74 Å². The van der Waals surface area contributed by atoms with Crippen LogP contribution in [0.25, 0.3) is 0 Å². The first-order valence-electron chi connectivity index (χ1n) is 10.8. The number of esters is 1. The summed E-state index contributed by atoms with van der Waals surface area (Å²) in [5.41, 5.74) is 2.11. The highest BCUT2D eigenvalue weighted by Crippen LogP contribution is 2.37. The number of nitrogens with zero attached hydrogens (tertiary/aromatic N) is 1. The predicted molar refractivity (Wildman–Crippen MR) is 119 cm³/mol. The van der Waals surface area contributed by atoms with Crippen LogP contribution in [-0.4, -0.2) is 17.8 Å². The number of rotatable bonds is 5. The Morgan fingerprint density at radius 2 is 1.48 bits per heavy atom. The van der Waals surface area contributed by atoms with Gasteiger partial charge in [-0.1, -0.05) is 45.1 Å². The lowest BCUT2D eigenvalue weighted by atomic mass is 9.82. The van der Waals surface area contributed by atoms with E-state index in [0.29, 0.717) is 29.8 Å². The molecule has 4 rings (SSSR count). The zero-order valence-corrected chi connectivity index (χ0v) is 18.1. The number of benzene rings is 2. The predicted octanol–water partition coefficient (Wildman–Crippen LogP) is 5.05. The summed E-state index contributed by atoms with van der Waals surface area (Å²) in [5.74, 6) is -0.877. The maximum atomic E-state index is 12.7. The molecule has 0 aromatic heterocycles. The zero-order chi connectivity index (χ0) is 22.2. The van der Waals surface area contributed by atoms with Crippen molar-refractivity contribution in [3.63, 3.8) is 0 Å². The molecule has 1 aliphatic heterocycles. The SMILES string of the molecule is CCC(C)(C)c1ccc(OC(=O)c2ccc(N3C(=O)[C@@H]4CC=CC[C@H]4C3=O)cc2)cc1. The number of hydrogen-bond acceptors (Lipinski definition) is 4. The lowest BCUT2D eigenvalue weighted by Crippen LogP contribution is -2.30. The lowest BCUT2D eigenvalue weighted by Gasteiger charge is -2.23. The zero-order valence-electron chi connectivity index (χ0n) is 18.1. The first-order chi connectivity index (χ1) is 14.8. The Morgan fingerprint density at radius 3 is 2.00 bits per heavy atom. The van der Waals surface area contributed by atoms with Crippen LogP contribution in [-0.2, 0) is 15.0 Å². The van der Waals surface area contributed by atoms with Crippen molar-refractivity contribution < 1.29 is 19.1 Å². The molecular formula is C26H27NO4. The Hall–Kier alpha value is -3.21. The first kappa shape index (κ1) is 21.0. The number of carbonyl (C=O) groups is 3. The molecule has 2 atom stereocenters. The van der Waals surface area contributed by atoms with Crippen molar-refractivity contribution in [3.05, 3.63) is 71.8 Å². The molecule has 2 amide bonds. The Morgan fingerprint density at radius 1 is 0.935 bits per heavy atom. The number of imide groups is 1. The highest BCUT2D eigenvalue weighted by molar-refractivity contribution is 6.22. The van der Waals surface area contributed by atoms with E-state index < -0.39 is 5.97 Å². The van der Waals surface area contributed by atoms with Gasteiger partial charge in [0.25, 0.3) is 0 Å². The van der Waals surface area contributed by atoms with E-state index in [1.165, 1.54) is 10.5 Å². The molecule has 31 heavy (non-hydrogen) atoms. The van der Waals surface area contributed by atoms with E-state index >= 15 is 0 Å². The molecule has 1 aliphatic carbocycles. The smallest absolute Gasteiger partial charge is 0.343 e. The van der Waals surface area contributed by atoms with Crippen LogP contribution < -0.4 is 9.64 Å². The van der Waals surface area contributed by atoms with E-state index in [2.05, 4.69) is 20.8 Å². The van der Waals surface area contributed by atoms with Crippen molar-refractivity contribution in [1.29, 1.82) is 0 Å². The summed E-state index contributed by atoms with van der Waals surface area (Å²) >= 11 is 0. The number of hydrogen-bond donors (Lipinski definition) is 0. The monoisotopic (exact) mass is 417 g/mol. The van der Waals surface area contributed by atoms with Gasteiger partial charge in [0, 0.05) is 0 Å². The van der Waals surface area contributed by atoms with Crippen molar-refractivity contribution >= 4 is 23.5 Å². The molecule has 160 valence electrons. The largest absolute Gasteiger partial charge is 0.423 e. The molecule has 0 N–H and O–H groups in total. The van der Waals surface area contributed by atoms with Gasteiger partial charge in [-0.05, 0) is 66.6 Å². The van der Waals surface area contributed by atoms with Crippen LogP contribution in [0, 0.1) is 11.8 Å². The Balaban J connectivity index is 1.45. The molecule has 2 aromatic rings. The molecule has 1 fully saturated rings. The van der Waals surface area contributed by atoms with Gasteiger partial charge in [-0.3, -0.25) is 14.5 Å². The maximum Gasteiger partial charge on any atom is 0.343 e. The number of amides is 2. The normalized spacial score (nSPS) is 20.7. The molecule has 2 aromatic carbocycles. The summed E-state index contributed by atoms with van der Waals surface area (Å²) in [6.45, 7) is 6.50. The van der Waals surface area contributed by atoms with Gasteiger partial charge >= 0.3 is 5.97 Å². The summed E-state index contributed by atoms with van der Waals surface area (Å²) in [6, 6.07) is 14.0. The van der Waals surface area contributed by atoms with Crippen molar-refractivity contribution in [2.75, 3.05) is 4.90 Å². The van der Waals surface area contributed by atoms with Gasteiger partial charge in [0.15, 0.2) is 0 Å². The lowest BCUT2D eigenvalue weighted by molar-refractivity contribution is -0.122. The molecular weight excluding hydrogens is 390 g/mol. The molecule has 5 nitrogen and oxygen atoms in total. The number of allylic oxidation sites excluding steroid dienone is 2. The van der Waals surface area contributed by atoms with Crippen LogP contribution >= 0.6 is 0 Å². The fourth-order valence-corrected chi connectivity index (χ4v) is 4.15. The highest BCUT2D eigenvalue weighted by atomic mass is 16.5. The van der Waals surface area contributed by atoms with Crippen LogP contribution in [0.1, 0.15) is 56.0 Å². The number of anilines is 1. The Bertz CT molecular complexity index is 1010. The summed E-state index contributed by atoms with van der Waals surface area (Å²) in [7, 11) is 0. The number of ether oxygens (including phenoxy) is 1. The first-order valence-corrected chi connectivity index (χ1v) is 10.8. The van der Waals surface area contributed by atoms with Gasteiger partial charge in [0.1, 0.15) is 5.75 Å². The molecule has 1 heterocycles. The fourth-order valence-electron chi connectivity index (χ4n) is 4.15. The highest BCUT2D eigenvalue weighted by Gasteiger charge is 2.47. The van der Waals surface area contributed by atoms with Gasteiger partial charge in [-0.2, -0.15) is 0 Å². The summed E-state index contributed by atoms with van der Waals surface area (Å²) in [6.07, 6.45) is 6.14. The fraction of sp³-hybridized carbons (Fsp3) is 0.346. The molecule has 1 saturated heterocycles. The van der Waals surface area contributed by atoms with Crippen LogP contribution in [0.4, 0.5) is 5.69 Å². The summed E-state index contributed by atoms with van der Waals surface area (Å²) in [5, 5.41) is 0. The third-order valence-corrected chi connectivity index (χ3v) is 6.60. The van der Waals surface area contributed by atoms with Gasteiger partial charge < -0.3 is 4.74 Å². The second kappa shape index (κ2) is 8.14. The maximum absolute atomic E-state index is 12.7. The molecule has 0 saturated carbocycles. The van der Waals surface area contributed by atoms with Crippen LogP contribution in [0.3, 0.4) is 0 Å². The quantitative estimate of drug-likeness (QED) is 0.296. The van der Waals surface area contributed by atoms with E-state index in [9.17, 15) is 14.4 Å². The van der Waals surface area contributed by atoms with Gasteiger partial charge in [-0.25, -0.2) is 4.79 Å². The molecule has 5 heteroatoms. The second-order valence-corrected chi connectivity index (χ2v) is 8.87. The molecule has 0 unspecified atom stereocenters. The number of carbonyl (C=O) groups excluding carboxylic acids is 3. The average molecular weight is 418 g/mol. The van der Waals surface area contributed by atoms with Gasteiger partial charge in [-0.15, -0.1) is 0 Å². The van der Waals surface area contributed by atoms with Crippen molar-refractivity contribution in [3.8, 4) is 5.75 Å². The number of fused-ring (bicyclic) bond motifs is 1. The molecule has 2 aliphatic rings. The topological polar surface area (TPSA) is 63.7 Å². The molecule has 0 spiro atoms. The van der Waals surface area contributed by atoms with Crippen LogP contribution in [0.2, 0.25) is 0 Å². The van der Waals surface area contributed by atoms with Gasteiger partial charge in [0.2, 0.25) is 11.8 Å². The van der Waals surface area contributed by atoms with Crippen molar-refractivity contribution in [2.45, 2.75) is 45.4 Å². The van der Waals surface area contributed by atoms with Crippen LogP contribution in [0.15, 0.2) is 60.7 Å². The second-order valence-electron chi connectivity index (χ2n) is 8.87. The minimum Gasteiger partial charge on any atom is -0.423 e. The third-order valence-electron chi connectivity index (χ3n) is 6.60.